The molecular weight excluding hydrogens is 326 g/mol. The minimum absolute atomic E-state index is 0.0173. The summed E-state index contributed by atoms with van der Waals surface area (Å²) in [6, 6.07) is 4.33. The van der Waals surface area contributed by atoms with Crippen molar-refractivity contribution in [1.29, 1.82) is 0 Å². The van der Waals surface area contributed by atoms with E-state index in [1.165, 1.54) is 12.1 Å². The number of rotatable bonds is 5. The molecule has 0 spiro atoms. The van der Waals surface area contributed by atoms with Gasteiger partial charge in [-0.15, -0.1) is 5.10 Å². The van der Waals surface area contributed by atoms with Crippen molar-refractivity contribution < 1.29 is 4.92 Å². The molecule has 106 valence electrons. The van der Waals surface area contributed by atoms with Crippen molar-refractivity contribution >= 4 is 21.6 Å². The largest absolute Gasteiger partial charge is 0.323 e. The highest BCUT2D eigenvalue weighted by Crippen LogP contribution is 2.26. The first-order valence-corrected chi connectivity index (χ1v) is 6.94. The van der Waals surface area contributed by atoms with Crippen molar-refractivity contribution in [2.75, 3.05) is 0 Å². The van der Waals surface area contributed by atoms with Crippen molar-refractivity contribution in [3.05, 3.63) is 44.7 Å². The van der Waals surface area contributed by atoms with E-state index in [0.717, 1.165) is 12.8 Å². The van der Waals surface area contributed by atoms with Crippen LogP contribution in [0.4, 0.5) is 5.69 Å². The summed E-state index contributed by atoms with van der Waals surface area (Å²) in [5.74, 6) is 0. The normalized spacial score (nSPS) is 12.3. The van der Waals surface area contributed by atoms with Crippen LogP contribution in [0.5, 0.6) is 0 Å². The van der Waals surface area contributed by atoms with Crippen molar-refractivity contribution in [3.8, 4) is 5.69 Å². The summed E-state index contributed by atoms with van der Waals surface area (Å²) in [5.41, 5.74) is 7.38. The Balaban J connectivity index is 2.30. The summed E-state index contributed by atoms with van der Waals surface area (Å²) in [6.07, 6.45) is 3.54. The summed E-state index contributed by atoms with van der Waals surface area (Å²) >= 11 is 3.30. The average Bonchev–Trinajstić information content (AvgIpc) is 2.88. The number of benzene rings is 1. The minimum atomic E-state index is -0.446. The summed E-state index contributed by atoms with van der Waals surface area (Å²) < 4.78 is 2.13. The van der Waals surface area contributed by atoms with Crippen molar-refractivity contribution in [2.45, 2.75) is 25.8 Å². The third-order valence-electron chi connectivity index (χ3n) is 2.88. The topological polar surface area (TPSA) is 99.9 Å². The van der Waals surface area contributed by atoms with Gasteiger partial charge in [-0.1, -0.05) is 18.6 Å². The molecule has 1 atom stereocenters. The van der Waals surface area contributed by atoms with Crippen LogP contribution < -0.4 is 5.73 Å². The van der Waals surface area contributed by atoms with Gasteiger partial charge in [0.05, 0.1) is 33.0 Å². The van der Waals surface area contributed by atoms with E-state index in [1.54, 1.807) is 16.9 Å². The molecule has 1 aromatic carbocycles. The maximum atomic E-state index is 10.7. The first kappa shape index (κ1) is 14.6. The van der Waals surface area contributed by atoms with Gasteiger partial charge in [0.1, 0.15) is 0 Å². The van der Waals surface area contributed by atoms with E-state index >= 15 is 0 Å². The van der Waals surface area contributed by atoms with Crippen molar-refractivity contribution in [2.24, 2.45) is 5.73 Å². The highest BCUT2D eigenvalue weighted by Gasteiger charge is 2.14. The lowest BCUT2D eigenvalue weighted by Gasteiger charge is -2.05. The van der Waals surface area contributed by atoms with Crippen LogP contribution in [0.3, 0.4) is 0 Å². The Morgan fingerprint density at radius 2 is 2.30 bits per heavy atom. The lowest BCUT2D eigenvalue weighted by atomic mass is 10.1. The van der Waals surface area contributed by atoms with Crippen LogP contribution in [0.1, 0.15) is 31.5 Å². The van der Waals surface area contributed by atoms with Crippen molar-refractivity contribution in [1.82, 2.24) is 15.0 Å². The van der Waals surface area contributed by atoms with Crippen LogP contribution in [0, 0.1) is 10.1 Å². The number of nitrogens with zero attached hydrogens (tertiary/aromatic N) is 4. The van der Waals surface area contributed by atoms with Crippen LogP contribution in [0.25, 0.3) is 5.69 Å². The number of non-ortho nitro benzene ring substituents is 1. The van der Waals surface area contributed by atoms with E-state index in [0.29, 0.717) is 15.9 Å². The standard InChI is InChI=1S/C12H14BrN5O2/c1-2-3-10(14)11-7-17(16-15-11)12-5-4-8(18(19)20)6-9(12)13/h4-7,10H,2-3,14H2,1H3. The second-order valence-corrected chi connectivity index (χ2v) is 5.23. The van der Waals surface area contributed by atoms with E-state index in [1.807, 2.05) is 0 Å². The van der Waals surface area contributed by atoms with Gasteiger partial charge in [-0.3, -0.25) is 10.1 Å². The molecule has 0 radical (unpaired) electrons. The number of nitrogens with two attached hydrogens (primary N) is 1. The fraction of sp³-hybridized carbons (Fsp3) is 0.333. The molecule has 7 nitrogen and oxygen atoms in total. The molecule has 0 aliphatic rings. The molecule has 0 amide bonds. The van der Waals surface area contributed by atoms with Crippen LogP contribution in [0.15, 0.2) is 28.9 Å². The third-order valence-corrected chi connectivity index (χ3v) is 3.51. The Morgan fingerprint density at radius 1 is 1.55 bits per heavy atom. The van der Waals surface area contributed by atoms with E-state index < -0.39 is 4.92 Å². The highest BCUT2D eigenvalue weighted by molar-refractivity contribution is 9.10. The number of aromatic nitrogens is 3. The molecule has 2 aromatic rings. The molecule has 2 N–H and O–H groups in total. The Bertz CT molecular complexity index is 628. The maximum Gasteiger partial charge on any atom is 0.270 e. The van der Waals surface area contributed by atoms with Crippen molar-refractivity contribution in [3.63, 3.8) is 0 Å². The summed E-state index contributed by atoms with van der Waals surface area (Å²) in [7, 11) is 0. The van der Waals surface area contributed by atoms with Crippen LogP contribution in [0.2, 0.25) is 0 Å². The van der Waals surface area contributed by atoms with Gasteiger partial charge >= 0.3 is 0 Å². The van der Waals surface area contributed by atoms with E-state index in [4.69, 9.17) is 5.73 Å². The summed E-state index contributed by atoms with van der Waals surface area (Å²) in [6.45, 7) is 2.05. The molecule has 0 saturated carbocycles. The zero-order chi connectivity index (χ0) is 14.7. The zero-order valence-electron chi connectivity index (χ0n) is 10.9. The Labute approximate surface area is 124 Å². The highest BCUT2D eigenvalue weighted by atomic mass is 79.9. The SMILES string of the molecule is CCCC(N)c1cn(-c2ccc([N+](=O)[O-])cc2Br)nn1. The van der Waals surface area contributed by atoms with Crippen LogP contribution >= 0.6 is 15.9 Å². The van der Waals surface area contributed by atoms with Gasteiger partial charge < -0.3 is 5.73 Å². The van der Waals surface area contributed by atoms with Gasteiger partial charge in [0.25, 0.3) is 5.69 Å². The molecule has 1 heterocycles. The van der Waals surface area contributed by atoms with Gasteiger partial charge in [-0.05, 0) is 28.4 Å². The Morgan fingerprint density at radius 3 is 2.90 bits per heavy atom. The number of halogens is 1. The van der Waals surface area contributed by atoms with E-state index in [-0.39, 0.29) is 11.7 Å². The molecule has 1 unspecified atom stereocenters. The second-order valence-electron chi connectivity index (χ2n) is 4.38. The molecule has 0 aliphatic heterocycles. The average molecular weight is 340 g/mol. The lowest BCUT2D eigenvalue weighted by molar-refractivity contribution is -0.384. The maximum absolute atomic E-state index is 10.7. The van der Waals surface area contributed by atoms with Gasteiger partial charge in [0, 0.05) is 12.1 Å². The predicted octanol–water partition coefficient (Wildman–Crippen LogP) is 2.74. The smallest absolute Gasteiger partial charge is 0.270 e. The minimum Gasteiger partial charge on any atom is -0.323 e. The first-order valence-electron chi connectivity index (χ1n) is 6.15. The molecule has 1 aromatic heterocycles. The fourth-order valence-corrected chi connectivity index (χ4v) is 2.37. The fourth-order valence-electron chi connectivity index (χ4n) is 1.82. The van der Waals surface area contributed by atoms with Gasteiger partial charge in [-0.2, -0.15) is 0 Å². The molecule has 0 bridgehead atoms. The number of hydrogen-bond donors (Lipinski definition) is 1. The quantitative estimate of drug-likeness (QED) is 0.666. The van der Waals surface area contributed by atoms with Gasteiger partial charge in [0.15, 0.2) is 0 Å². The lowest BCUT2D eigenvalue weighted by Crippen LogP contribution is -2.10. The molecule has 0 aliphatic carbocycles. The molecule has 0 fully saturated rings. The van der Waals surface area contributed by atoms with Gasteiger partial charge in [0.2, 0.25) is 0 Å². The summed E-state index contributed by atoms with van der Waals surface area (Å²) in [5, 5.41) is 18.8. The molecular formula is C12H14BrN5O2. The first-order chi connectivity index (χ1) is 9.52. The third kappa shape index (κ3) is 3.02. The Hall–Kier alpha value is -1.80. The van der Waals surface area contributed by atoms with Gasteiger partial charge in [-0.25, -0.2) is 4.68 Å². The monoisotopic (exact) mass is 339 g/mol. The number of hydrogen-bond acceptors (Lipinski definition) is 5. The predicted molar refractivity (Wildman–Crippen MR) is 77.5 cm³/mol. The molecule has 20 heavy (non-hydrogen) atoms. The summed E-state index contributed by atoms with van der Waals surface area (Å²) in [4.78, 5) is 10.3. The van der Waals surface area contributed by atoms with E-state index in [9.17, 15) is 10.1 Å². The van der Waals surface area contributed by atoms with E-state index in [2.05, 4.69) is 33.2 Å². The molecule has 2 rings (SSSR count). The second kappa shape index (κ2) is 6.10. The van der Waals surface area contributed by atoms with Crippen LogP contribution in [-0.2, 0) is 0 Å². The number of nitro groups is 1. The zero-order valence-corrected chi connectivity index (χ0v) is 12.4. The van der Waals surface area contributed by atoms with Crippen LogP contribution in [-0.4, -0.2) is 19.9 Å². The molecule has 8 heteroatoms. The molecule has 0 saturated heterocycles. The Kier molecular flexibility index (Phi) is 4.46. The number of nitro benzene ring substituents is 1.